The maximum absolute atomic E-state index is 10.5. The molecule has 0 fully saturated rings. The highest BCUT2D eigenvalue weighted by atomic mass is 16.8. The Morgan fingerprint density at radius 1 is 1.38 bits per heavy atom. The van der Waals surface area contributed by atoms with Crippen LogP contribution in [0.25, 0.3) is 0 Å². The number of nitrogens with two attached hydrogens (primary N) is 1. The molecule has 0 radical (unpaired) electrons. The Morgan fingerprint density at radius 3 is 2.46 bits per heavy atom. The first-order valence-corrected chi connectivity index (χ1v) is 3.33. The summed E-state index contributed by atoms with van der Waals surface area (Å²) in [6, 6.07) is 3.61. The Bertz CT molecular complexity index is 337. The van der Waals surface area contributed by atoms with E-state index < -0.39 is 5.97 Å². The minimum Gasteiger partial charge on any atom is -0.478 e. The van der Waals surface area contributed by atoms with Gasteiger partial charge >= 0.3 is 5.97 Å². The molecule has 1 aromatic rings. The van der Waals surface area contributed by atoms with Crippen molar-refractivity contribution in [2.45, 2.75) is 0 Å². The third-order valence-electron chi connectivity index (χ3n) is 1.50. The second kappa shape index (κ2) is 3.30. The lowest BCUT2D eigenvalue weighted by atomic mass is 10.1. The fourth-order valence-corrected chi connectivity index (χ4v) is 0.854. The van der Waals surface area contributed by atoms with Crippen LogP contribution in [0.15, 0.2) is 18.2 Å². The van der Waals surface area contributed by atoms with E-state index in [2.05, 4.69) is 0 Å². The Labute approximate surface area is 73.3 Å². The van der Waals surface area contributed by atoms with Crippen molar-refractivity contribution in [3.63, 3.8) is 0 Å². The van der Waals surface area contributed by atoms with Gasteiger partial charge < -0.3 is 10.8 Å². The number of nitrogens with zero attached hydrogens (tertiary/aromatic N) is 1. The summed E-state index contributed by atoms with van der Waals surface area (Å²) < 4.78 is 0. The third kappa shape index (κ3) is 1.86. The molecule has 0 aromatic heterocycles. The number of carboxylic acid groups (broad SMARTS) is 1. The molecule has 1 rings (SSSR count). The summed E-state index contributed by atoms with van der Waals surface area (Å²) in [6.45, 7) is 0. The number of carboxylic acids is 1. The fourth-order valence-electron chi connectivity index (χ4n) is 0.854. The van der Waals surface area contributed by atoms with Gasteiger partial charge in [-0.05, 0) is 18.2 Å². The van der Waals surface area contributed by atoms with Crippen molar-refractivity contribution in [1.82, 2.24) is 0 Å². The molecule has 0 amide bonds. The molecular formula is C7H8N2O4. The van der Waals surface area contributed by atoms with E-state index in [-0.39, 0.29) is 22.2 Å². The van der Waals surface area contributed by atoms with Crippen molar-refractivity contribution in [1.29, 1.82) is 0 Å². The first-order valence-electron chi connectivity index (χ1n) is 3.33. The summed E-state index contributed by atoms with van der Waals surface area (Å²) in [6.07, 6.45) is 0. The van der Waals surface area contributed by atoms with E-state index in [1.807, 2.05) is 0 Å². The molecule has 0 spiro atoms. The zero-order chi connectivity index (χ0) is 10.0. The Kier molecular flexibility index (Phi) is 2.36. The summed E-state index contributed by atoms with van der Waals surface area (Å²) in [7, 11) is 0. The number of carbonyl (C=O) groups is 1. The van der Waals surface area contributed by atoms with Crippen LogP contribution in [0.3, 0.4) is 0 Å². The highest BCUT2D eigenvalue weighted by Crippen LogP contribution is 2.19. The summed E-state index contributed by atoms with van der Waals surface area (Å²) in [5, 5.41) is 25.6. The van der Waals surface area contributed by atoms with E-state index in [1.165, 1.54) is 12.1 Å². The van der Waals surface area contributed by atoms with Crippen molar-refractivity contribution in [2.24, 2.45) is 0 Å². The molecule has 0 aliphatic heterocycles. The average Bonchev–Trinajstić information content (AvgIpc) is 2.04. The second-order valence-corrected chi connectivity index (χ2v) is 2.37. The number of aromatic carboxylic acids is 1. The maximum Gasteiger partial charge on any atom is 0.337 e. The van der Waals surface area contributed by atoms with Crippen molar-refractivity contribution in [2.75, 3.05) is 11.0 Å². The molecule has 0 unspecified atom stereocenters. The predicted octanol–water partition coefficient (Wildman–Crippen LogP) is 0.552. The van der Waals surface area contributed by atoms with Crippen molar-refractivity contribution >= 4 is 17.3 Å². The van der Waals surface area contributed by atoms with Gasteiger partial charge in [-0.3, -0.25) is 10.4 Å². The molecule has 0 aliphatic carbocycles. The van der Waals surface area contributed by atoms with Crippen LogP contribution >= 0.6 is 0 Å². The molecule has 70 valence electrons. The Balaban J connectivity index is 3.19. The lowest BCUT2D eigenvalue weighted by Gasteiger charge is -2.09. The monoisotopic (exact) mass is 184 g/mol. The van der Waals surface area contributed by atoms with Crippen molar-refractivity contribution in [3.05, 3.63) is 23.8 Å². The van der Waals surface area contributed by atoms with Gasteiger partial charge in [0.2, 0.25) is 0 Å². The van der Waals surface area contributed by atoms with Gasteiger partial charge in [-0.25, -0.2) is 4.79 Å². The smallest absolute Gasteiger partial charge is 0.337 e. The van der Waals surface area contributed by atoms with Crippen molar-refractivity contribution < 1.29 is 20.3 Å². The van der Waals surface area contributed by atoms with Gasteiger partial charge in [0.05, 0.1) is 11.3 Å². The van der Waals surface area contributed by atoms with Gasteiger partial charge in [0, 0.05) is 5.69 Å². The molecule has 6 nitrogen and oxygen atoms in total. The standard InChI is InChI=1S/C7H8N2O4/c8-6-2-1-4(9(12)13)3-5(6)7(10)11/h1-3,12-13H,8H2,(H,10,11). The Morgan fingerprint density at radius 2 is 2.00 bits per heavy atom. The Hall–Kier alpha value is -1.79. The van der Waals surface area contributed by atoms with Gasteiger partial charge in [-0.1, -0.05) is 0 Å². The van der Waals surface area contributed by atoms with E-state index >= 15 is 0 Å². The van der Waals surface area contributed by atoms with E-state index in [0.717, 1.165) is 6.07 Å². The fraction of sp³-hybridized carbons (Fsp3) is 0. The lowest BCUT2D eigenvalue weighted by Crippen LogP contribution is -2.12. The summed E-state index contributed by atoms with van der Waals surface area (Å²) in [5.41, 5.74) is 5.16. The minimum atomic E-state index is -1.22. The quantitative estimate of drug-likeness (QED) is 0.395. The van der Waals surface area contributed by atoms with Gasteiger partial charge in [0.1, 0.15) is 0 Å². The van der Waals surface area contributed by atoms with Gasteiger partial charge in [-0.2, -0.15) is 0 Å². The zero-order valence-electron chi connectivity index (χ0n) is 6.51. The first kappa shape index (κ1) is 9.30. The molecule has 6 heteroatoms. The van der Waals surface area contributed by atoms with Crippen LogP contribution in [-0.2, 0) is 0 Å². The molecule has 0 saturated carbocycles. The molecule has 1 aromatic carbocycles. The molecule has 5 N–H and O–H groups in total. The van der Waals surface area contributed by atoms with Gasteiger partial charge in [0.15, 0.2) is 0 Å². The maximum atomic E-state index is 10.5. The highest BCUT2D eigenvalue weighted by Gasteiger charge is 2.10. The molecule has 0 bridgehead atoms. The van der Waals surface area contributed by atoms with Crippen LogP contribution < -0.4 is 11.0 Å². The van der Waals surface area contributed by atoms with Crippen LogP contribution in [0.5, 0.6) is 0 Å². The minimum absolute atomic E-state index is 0.0633. The number of anilines is 2. The molecule has 0 aliphatic rings. The van der Waals surface area contributed by atoms with E-state index in [9.17, 15) is 4.79 Å². The lowest BCUT2D eigenvalue weighted by molar-refractivity contribution is 0.0291. The number of benzene rings is 1. The number of hydrogen-bond acceptors (Lipinski definition) is 5. The van der Waals surface area contributed by atoms with E-state index in [0.29, 0.717) is 0 Å². The summed E-state index contributed by atoms with van der Waals surface area (Å²) in [5.74, 6) is -1.22. The predicted molar refractivity (Wildman–Crippen MR) is 43.9 cm³/mol. The van der Waals surface area contributed by atoms with Crippen LogP contribution in [0.4, 0.5) is 11.4 Å². The van der Waals surface area contributed by atoms with Crippen LogP contribution in [-0.4, -0.2) is 21.5 Å². The van der Waals surface area contributed by atoms with E-state index in [4.69, 9.17) is 21.3 Å². The van der Waals surface area contributed by atoms with Crippen LogP contribution in [0, 0.1) is 0 Å². The van der Waals surface area contributed by atoms with Crippen LogP contribution in [0.1, 0.15) is 10.4 Å². The average molecular weight is 184 g/mol. The van der Waals surface area contributed by atoms with Crippen molar-refractivity contribution in [3.8, 4) is 0 Å². The molecule has 13 heavy (non-hydrogen) atoms. The number of nitrogen functional groups attached to an aromatic ring is 1. The SMILES string of the molecule is Nc1ccc(N(O)O)cc1C(=O)O. The third-order valence-corrected chi connectivity index (χ3v) is 1.50. The normalized spacial score (nSPS) is 9.69. The van der Waals surface area contributed by atoms with Gasteiger partial charge in [0.25, 0.3) is 0 Å². The molecular weight excluding hydrogens is 176 g/mol. The first-order chi connectivity index (χ1) is 6.02. The highest BCUT2D eigenvalue weighted by molar-refractivity contribution is 5.94. The molecule has 0 saturated heterocycles. The zero-order valence-corrected chi connectivity index (χ0v) is 6.51. The van der Waals surface area contributed by atoms with E-state index in [1.54, 1.807) is 0 Å². The topological polar surface area (TPSA) is 107 Å². The van der Waals surface area contributed by atoms with Gasteiger partial charge in [-0.15, -0.1) is 5.23 Å². The summed E-state index contributed by atoms with van der Waals surface area (Å²) >= 11 is 0. The number of rotatable bonds is 2. The molecule has 0 heterocycles. The molecule has 0 atom stereocenters. The summed E-state index contributed by atoms with van der Waals surface area (Å²) in [4.78, 5) is 10.5. The second-order valence-electron chi connectivity index (χ2n) is 2.37. The largest absolute Gasteiger partial charge is 0.478 e. The number of hydrogen-bond donors (Lipinski definition) is 4. The van der Waals surface area contributed by atoms with Crippen LogP contribution in [0.2, 0.25) is 0 Å².